The summed E-state index contributed by atoms with van der Waals surface area (Å²) in [5.41, 5.74) is 1.75. The molecule has 0 aliphatic carbocycles. The average Bonchev–Trinajstić information content (AvgIpc) is 2.65. The Kier molecular flexibility index (Phi) is 5.51. The van der Waals surface area contributed by atoms with Gasteiger partial charge in [0, 0.05) is 12.2 Å². The topological polar surface area (TPSA) is 57.7 Å². The molecule has 1 aliphatic rings. The second kappa shape index (κ2) is 7.68. The number of para-hydroxylation sites is 2. The Morgan fingerprint density at radius 2 is 1.85 bits per heavy atom. The molecule has 7 heteroatoms. The lowest BCUT2D eigenvalue weighted by atomic mass is 10.0. The minimum absolute atomic E-state index is 0.106. The van der Waals surface area contributed by atoms with E-state index in [0.29, 0.717) is 6.54 Å². The number of rotatable bonds is 5. The number of hydrogen-bond acceptors (Lipinski definition) is 3. The van der Waals surface area contributed by atoms with E-state index in [1.165, 1.54) is 18.2 Å². The molecule has 27 heavy (non-hydrogen) atoms. The van der Waals surface area contributed by atoms with Gasteiger partial charge in [0.1, 0.15) is 11.9 Å². The zero-order valence-electron chi connectivity index (χ0n) is 15.4. The number of sulfonamides is 1. The van der Waals surface area contributed by atoms with E-state index in [2.05, 4.69) is 0 Å². The summed E-state index contributed by atoms with van der Waals surface area (Å²) in [4.78, 5) is 15.0. The molecule has 0 unspecified atom stereocenters. The van der Waals surface area contributed by atoms with Gasteiger partial charge in [0.25, 0.3) is 5.91 Å². The maximum Gasteiger partial charge on any atom is 0.250 e. The molecule has 0 saturated carbocycles. The van der Waals surface area contributed by atoms with Crippen molar-refractivity contribution in [3.05, 3.63) is 59.9 Å². The van der Waals surface area contributed by atoms with Gasteiger partial charge in [-0.2, -0.15) is 0 Å². The quantitative estimate of drug-likeness (QED) is 0.787. The standard InChI is InChI=1S/C20H23FN2O3S/c1-3-17(23(27(2,25)26)19-13-7-5-11-16(19)21)20(24)22-14-8-10-15-9-4-6-12-18(15)22/h4-7,9,11-13,17H,3,8,10,14H2,1-2H3/t17-/m0/s1. The lowest BCUT2D eigenvalue weighted by Gasteiger charge is -2.36. The minimum Gasteiger partial charge on any atom is -0.310 e. The van der Waals surface area contributed by atoms with E-state index < -0.39 is 21.9 Å². The molecule has 0 saturated heterocycles. The van der Waals surface area contributed by atoms with E-state index in [4.69, 9.17) is 0 Å². The Morgan fingerprint density at radius 3 is 2.52 bits per heavy atom. The number of carbonyl (C=O) groups is 1. The van der Waals surface area contributed by atoms with Gasteiger partial charge in [-0.1, -0.05) is 37.3 Å². The summed E-state index contributed by atoms with van der Waals surface area (Å²) in [6.07, 6.45) is 2.91. The molecule has 2 aromatic carbocycles. The van der Waals surface area contributed by atoms with Gasteiger partial charge >= 0.3 is 0 Å². The molecule has 144 valence electrons. The lowest BCUT2D eigenvalue weighted by molar-refractivity contribution is -0.119. The number of benzene rings is 2. The van der Waals surface area contributed by atoms with E-state index in [-0.39, 0.29) is 18.0 Å². The number of hydrogen-bond donors (Lipinski definition) is 0. The molecule has 0 aromatic heterocycles. The fourth-order valence-corrected chi connectivity index (χ4v) is 4.80. The number of anilines is 2. The summed E-state index contributed by atoms with van der Waals surface area (Å²) < 4.78 is 40.3. The van der Waals surface area contributed by atoms with Crippen molar-refractivity contribution in [2.45, 2.75) is 32.2 Å². The molecule has 0 fully saturated rings. The van der Waals surface area contributed by atoms with Gasteiger partial charge in [0.05, 0.1) is 11.9 Å². The van der Waals surface area contributed by atoms with E-state index in [1.807, 2.05) is 24.3 Å². The monoisotopic (exact) mass is 390 g/mol. The van der Waals surface area contributed by atoms with Crippen LogP contribution >= 0.6 is 0 Å². The predicted octanol–water partition coefficient (Wildman–Crippen LogP) is 3.35. The summed E-state index contributed by atoms with van der Waals surface area (Å²) in [6.45, 7) is 2.25. The zero-order valence-corrected chi connectivity index (χ0v) is 16.2. The van der Waals surface area contributed by atoms with E-state index in [1.54, 1.807) is 17.9 Å². The summed E-state index contributed by atoms with van der Waals surface area (Å²) in [6, 6.07) is 12.2. The molecular weight excluding hydrogens is 367 g/mol. The number of carbonyl (C=O) groups excluding carboxylic acids is 1. The molecule has 1 aliphatic heterocycles. The van der Waals surface area contributed by atoms with Crippen molar-refractivity contribution in [1.82, 2.24) is 0 Å². The van der Waals surface area contributed by atoms with Crippen molar-refractivity contribution < 1.29 is 17.6 Å². The highest BCUT2D eigenvalue weighted by Crippen LogP contribution is 2.31. The molecule has 1 amide bonds. The molecule has 5 nitrogen and oxygen atoms in total. The first-order valence-corrected chi connectivity index (χ1v) is 10.8. The van der Waals surface area contributed by atoms with Crippen LogP contribution in [0.5, 0.6) is 0 Å². The highest BCUT2D eigenvalue weighted by Gasteiger charge is 2.37. The largest absolute Gasteiger partial charge is 0.310 e. The Hall–Kier alpha value is -2.41. The van der Waals surface area contributed by atoms with Crippen molar-refractivity contribution in [3.8, 4) is 0 Å². The van der Waals surface area contributed by atoms with Crippen molar-refractivity contribution in [1.29, 1.82) is 0 Å². The number of halogens is 1. The minimum atomic E-state index is -3.87. The van der Waals surface area contributed by atoms with Crippen LogP contribution in [-0.4, -0.2) is 33.2 Å². The smallest absolute Gasteiger partial charge is 0.250 e. The molecule has 1 atom stereocenters. The molecule has 0 radical (unpaired) electrons. The number of amides is 1. The van der Waals surface area contributed by atoms with E-state index in [0.717, 1.165) is 34.7 Å². The van der Waals surface area contributed by atoms with Crippen molar-refractivity contribution in [2.75, 3.05) is 22.0 Å². The fourth-order valence-electron chi connectivity index (χ4n) is 3.59. The van der Waals surface area contributed by atoms with Gasteiger partial charge in [-0.15, -0.1) is 0 Å². The van der Waals surface area contributed by atoms with Gasteiger partial charge < -0.3 is 4.90 Å². The van der Waals surface area contributed by atoms with Crippen LogP contribution in [0.4, 0.5) is 15.8 Å². The molecule has 1 heterocycles. The Labute approximate surface area is 159 Å². The van der Waals surface area contributed by atoms with Crippen LogP contribution in [0.15, 0.2) is 48.5 Å². The van der Waals surface area contributed by atoms with Crippen molar-refractivity contribution in [3.63, 3.8) is 0 Å². The molecule has 3 rings (SSSR count). The van der Waals surface area contributed by atoms with E-state index in [9.17, 15) is 17.6 Å². The molecule has 2 aromatic rings. The third-order valence-electron chi connectivity index (χ3n) is 4.78. The fraction of sp³-hybridized carbons (Fsp3) is 0.350. The number of aryl methyl sites for hydroxylation is 1. The van der Waals surface area contributed by atoms with Crippen LogP contribution in [0.3, 0.4) is 0 Å². The third kappa shape index (κ3) is 3.83. The summed E-state index contributed by atoms with van der Waals surface area (Å²) in [5, 5.41) is 0. The van der Waals surface area contributed by atoms with Crippen LogP contribution in [0.25, 0.3) is 0 Å². The maximum absolute atomic E-state index is 14.4. The highest BCUT2D eigenvalue weighted by molar-refractivity contribution is 7.92. The first kappa shape index (κ1) is 19.4. The number of fused-ring (bicyclic) bond motifs is 1. The number of nitrogens with zero attached hydrogens (tertiary/aromatic N) is 2. The van der Waals surface area contributed by atoms with Gasteiger partial charge in [-0.25, -0.2) is 12.8 Å². The first-order chi connectivity index (χ1) is 12.8. The zero-order chi connectivity index (χ0) is 19.6. The highest BCUT2D eigenvalue weighted by atomic mass is 32.2. The van der Waals surface area contributed by atoms with Crippen molar-refractivity contribution in [2.24, 2.45) is 0 Å². The SMILES string of the molecule is CC[C@@H](C(=O)N1CCCc2ccccc21)N(c1ccccc1F)S(C)(=O)=O. The van der Waals surface area contributed by atoms with Crippen LogP contribution in [0.1, 0.15) is 25.3 Å². The van der Waals surface area contributed by atoms with Gasteiger partial charge in [-0.05, 0) is 43.0 Å². The summed E-state index contributed by atoms with van der Waals surface area (Å²) >= 11 is 0. The molecular formula is C20H23FN2O3S. The first-order valence-electron chi connectivity index (χ1n) is 8.97. The van der Waals surface area contributed by atoms with Crippen LogP contribution in [0, 0.1) is 5.82 Å². The normalized spacial score (nSPS) is 15.1. The third-order valence-corrected chi connectivity index (χ3v) is 5.94. The molecule has 0 N–H and O–H groups in total. The Morgan fingerprint density at radius 1 is 1.19 bits per heavy atom. The molecule has 0 spiro atoms. The second-order valence-electron chi connectivity index (χ2n) is 6.66. The Bertz CT molecular complexity index is 946. The van der Waals surface area contributed by atoms with Crippen molar-refractivity contribution >= 4 is 27.3 Å². The predicted molar refractivity (Wildman–Crippen MR) is 105 cm³/mol. The summed E-state index contributed by atoms with van der Waals surface area (Å²) in [7, 11) is -3.87. The van der Waals surface area contributed by atoms with Crippen LogP contribution in [0.2, 0.25) is 0 Å². The average molecular weight is 390 g/mol. The van der Waals surface area contributed by atoms with Gasteiger partial charge in [0.2, 0.25) is 10.0 Å². The van der Waals surface area contributed by atoms with E-state index >= 15 is 0 Å². The van der Waals surface area contributed by atoms with Crippen LogP contribution in [-0.2, 0) is 21.2 Å². The maximum atomic E-state index is 14.4. The van der Waals surface area contributed by atoms with Gasteiger partial charge in [0.15, 0.2) is 0 Å². The molecule has 0 bridgehead atoms. The second-order valence-corrected chi connectivity index (χ2v) is 8.52. The van der Waals surface area contributed by atoms with Crippen LogP contribution < -0.4 is 9.21 Å². The Balaban J connectivity index is 2.05. The lowest BCUT2D eigenvalue weighted by Crippen LogP contribution is -2.52. The summed E-state index contributed by atoms with van der Waals surface area (Å²) in [5.74, 6) is -1.01. The van der Waals surface area contributed by atoms with Gasteiger partial charge in [-0.3, -0.25) is 9.10 Å².